The second-order valence-corrected chi connectivity index (χ2v) is 2.62. The Morgan fingerprint density at radius 3 is 2.22 bits per heavy atom. The Kier molecular flexibility index (Phi) is 2.98. The summed E-state index contributed by atoms with van der Waals surface area (Å²) in [5.74, 6) is -0.640. The molecule has 2 nitrogen and oxygen atoms in total. The maximum Gasteiger partial charge on any atom is 0.310 e. The molecule has 0 aromatic rings. The van der Waals surface area contributed by atoms with Crippen molar-refractivity contribution in [3.8, 4) is 0 Å². The molecule has 0 fully saturated rings. The molecule has 0 saturated carbocycles. The molecule has 9 heavy (non-hydrogen) atoms. The maximum absolute atomic E-state index is 10.4. The highest BCUT2D eigenvalue weighted by molar-refractivity contribution is 6.19. The molecule has 0 aromatic heterocycles. The molecule has 0 saturated heterocycles. The number of carboxylic acid groups (broad SMARTS) is 1. The average Bonchev–Trinajstić information content (AvgIpc) is 1.86. The third-order valence-electron chi connectivity index (χ3n) is 1.59. The van der Waals surface area contributed by atoms with Crippen LogP contribution in [0.4, 0.5) is 0 Å². The molecule has 54 valence electrons. The summed E-state index contributed by atoms with van der Waals surface area (Å²) in [6.45, 7) is 3.46. The van der Waals surface area contributed by atoms with E-state index in [1.54, 1.807) is 6.92 Å². The molecule has 0 rings (SSSR count). The number of carboxylic acids is 1. The molecule has 0 aromatic carbocycles. The van der Waals surface area contributed by atoms with E-state index in [1.807, 2.05) is 6.92 Å². The predicted molar refractivity (Wildman–Crippen MR) is 36.8 cm³/mol. The van der Waals surface area contributed by atoms with Crippen molar-refractivity contribution in [1.29, 1.82) is 0 Å². The van der Waals surface area contributed by atoms with Gasteiger partial charge in [-0.2, -0.15) is 0 Å². The first kappa shape index (κ1) is 8.76. The fourth-order valence-corrected chi connectivity index (χ4v) is 0.606. The molecular weight excluding hydrogens is 140 g/mol. The second-order valence-electron chi connectivity index (χ2n) is 2.35. The second kappa shape index (κ2) is 3.06. The fraction of sp³-hybridized carbons (Fsp3) is 0.833. The minimum absolute atomic E-state index is 0.179. The van der Waals surface area contributed by atoms with Gasteiger partial charge < -0.3 is 5.11 Å². The van der Waals surface area contributed by atoms with Gasteiger partial charge in [0.15, 0.2) is 0 Å². The minimum atomic E-state index is -0.819. The van der Waals surface area contributed by atoms with Crippen molar-refractivity contribution in [2.24, 2.45) is 5.41 Å². The lowest BCUT2D eigenvalue weighted by molar-refractivity contribution is -0.146. The highest BCUT2D eigenvalue weighted by atomic mass is 35.5. The molecule has 0 radical (unpaired) electrons. The summed E-state index contributed by atoms with van der Waals surface area (Å²) in [7, 11) is 0. The van der Waals surface area contributed by atoms with Crippen LogP contribution >= 0.6 is 11.6 Å². The number of carbonyl (C=O) groups is 1. The number of halogens is 1. The molecular formula is C6H11ClO2. The SMILES string of the molecule is CCC(C)(CCl)C(=O)O. The summed E-state index contributed by atoms with van der Waals surface area (Å²) in [6, 6.07) is 0. The van der Waals surface area contributed by atoms with Gasteiger partial charge in [-0.05, 0) is 13.3 Å². The van der Waals surface area contributed by atoms with E-state index in [9.17, 15) is 4.79 Å². The van der Waals surface area contributed by atoms with E-state index in [-0.39, 0.29) is 5.88 Å². The van der Waals surface area contributed by atoms with E-state index in [2.05, 4.69) is 0 Å². The highest BCUT2D eigenvalue weighted by Crippen LogP contribution is 2.22. The summed E-state index contributed by atoms with van der Waals surface area (Å²) < 4.78 is 0. The van der Waals surface area contributed by atoms with E-state index < -0.39 is 11.4 Å². The van der Waals surface area contributed by atoms with E-state index in [4.69, 9.17) is 16.7 Å². The highest BCUT2D eigenvalue weighted by Gasteiger charge is 2.29. The summed E-state index contributed by atoms with van der Waals surface area (Å²) in [5, 5.41) is 8.55. The number of hydrogen-bond donors (Lipinski definition) is 1. The Bertz CT molecular complexity index is 108. The van der Waals surface area contributed by atoms with Crippen LogP contribution in [0.2, 0.25) is 0 Å². The molecule has 0 heterocycles. The number of alkyl halides is 1. The Morgan fingerprint density at radius 1 is 1.78 bits per heavy atom. The summed E-state index contributed by atoms with van der Waals surface area (Å²) in [5.41, 5.74) is -0.735. The molecule has 1 unspecified atom stereocenters. The normalized spacial score (nSPS) is 16.8. The Labute approximate surface area is 59.8 Å². The largest absolute Gasteiger partial charge is 0.481 e. The van der Waals surface area contributed by atoms with Crippen molar-refractivity contribution < 1.29 is 9.90 Å². The fourth-order valence-electron chi connectivity index (χ4n) is 0.303. The van der Waals surface area contributed by atoms with Crippen molar-refractivity contribution in [1.82, 2.24) is 0 Å². The molecule has 0 aliphatic heterocycles. The zero-order valence-corrected chi connectivity index (χ0v) is 6.40. The van der Waals surface area contributed by atoms with Crippen molar-refractivity contribution in [2.45, 2.75) is 20.3 Å². The van der Waals surface area contributed by atoms with Gasteiger partial charge in [0.2, 0.25) is 0 Å². The van der Waals surface area contributed by atoms with Gasteiger partial charge in [-0.1, -0.05) is 6.92 Å². The van der Waals surface area contributed by atoms with Gasteiger partial charge in [0, 0.05) is 5.88 Å². The van der Waals surface area contributed by atoms with E-state index in [0.717, 1.165) is 0 Å². The topological polar surface area (TPSA) is 37.3 Å². The van der Waals surface area contributed by atoms with E-state index in [0.29, 0.717) is 6.42 Å². The van der Waals surface area contributed by atoms with Gasteiger partial charge in [-0.25, -0.2) is 0 Å². The van der Waals surface area contributed by atoms with Crippen LogP contribution in [0, 0.1) is 5.41 Å². The van der Waals surface area contributed by atoms with Crippen LogP contribution < -0.4 is 0 Å². The monoisotopic (exact) mass is 150 g/mol. The first-order valence-corrected chi connectivity index (χ1v) is 3.39. The van der Waals surface area contributed by atoms with Crippen LogP contribution in [0.3, 0.4) is 0 Å². The van der Waals surface area contributed by atoms with Gasteiger partial charge >= 0.3 is 5.97 Å². The van der Waals surface area contributed by atoms with Gasteiger partial charge in [-0.3, -0.25) is 4.79 Å². The number of aliphatic carboxylic acids is 1. The zero-order chi connectivity index (χ0) is 7.49. The van der Waals surface area contributed by atoms with Crippen LogP contribution in [-0.2, 0) is 4.79 Å². The standard InChI is InChI=1S/C6H11ClO2/c1-3-6(2,4-7)5(8)9/h3-4H2,1-2H3,(H,8,9). The van der Waals surface area contributed by atoms with E-state index in [1.165, 1.54) is 0 Å². The molecule has 0 amide bonds. The number of hydrogen-bond acceptors (Lipinski definition) is 1. The van der Waals surface area contributed by atoms with Crippen LogP contribution in [-0.4, -0.2) is 17.0 Å². The van der Waals surface area contributed by atoms with Crippen molar-refractivity contribution in [2.75, 3.05) is 5.88 Å². The zero-order valence-electron chi connectivity index (χ0n) is 5.65. The average molecular weight is 151 g/mol. The van der Waals surface area contributed by atoms with Crippen molar-refractivity contribution in [3.63, 3.8) is 0 Å². The van der Waals surface area contributed by atoms with Crippen LogP contribution in [0.5, 0.6) is 0 Å². The van der Waals surface area contributed by atoms with Crippen LogP contribution in [0.1, 0.15) is 20.3 Å². The molecule has 1 atom stereocenters. The van der Waals surface area contributed by atoms with Gasteiger partial charge in [-0.15, -0.1) is 11.6 Å². The predicted octanol–water partition coefficient (Wildman–Crippen LogP) is 1.73. The molecule has 1 N–H and O–H groups in total. The van der Waals surface area contributed by atoms with Crippen LogP contribution in [0.25, 0.3) is 0 Å². The molecule has 0 spiro atoms. The third-order valence-corrected chi connectivity index (χ3v) is 2.18. The lowest BCUT2D eigenvalue weighted by atomic mass is 9.90. The van der Waals surface area contributed by atoms with Gasteiger partial charge in [0.05, 0.1) is 5.41 Å². The van der Waals surface area contributed by atoms with Gasteiger partial charge in [0.25, 0.3) is 0 Å². The Morgan fingerprint density at radius 2 is 2.22 bits per heavy atom. The third kappa shape index (κ3) is 1.86. The Hall–Kier alpha value is -0.240. The lowest BCUT2D eigenvalue weighted by Crippen LogP contribution is -2.28. The molecule has 0 aliphatic carbocycles. The first-order chi connectivity index (χ1) is 4.06. The van der Waals surface area contributed by atoms with Crippen LogP contribution in [0.15, 0.2) is 0 Å². The molecule has 0 aliphatic rings. The van der Waals surface area contributed by atoms with Crippen molar-refractivity contribution in [3.05, 3.63) is 0 Å². The summed E-state index contributed by atoms with van der Waals surface area (Å²) in [6.07, 6.45) is 0.575. The lowest BCUT2D eigenvalue weighted by Gasteiger charge is -2.18. The van der Waals surface area contributed by atoms with Crippen molar-refractivity contribution >= 4 is 17.6 Å². The Balaban J connectivity index is 4.09. The summed E-state index contributed by atoms with van der Waals surface area (Å²) in [4.78, 5) is 10.4. The number of rotatable bonds is 3. The quantitative estimate of drug-likeness (QED) is 0.623. The maximum atomic E-state index is 10.4. The smallest absolute Gasteiger partial charge is 0.310 e. The molecule has 0 bridgehead atoms. The first-order valence-electron chi connectivity index (χ1n) is 2.86. The minimum Gasteiger partial charge on any atom is -0.481 e. The summed E-state index contributed by atoms with van der Waals surface area (Å²) >= 11 is 5.42. The molecule has 3 heteroatoms. The van der Waals surface area contributed by atoms with Gasteiger partial charge in [0.1, 0.15) is 0 Å². The van der Waals surface area contributed by atoms with E-state index >= 15 is 0 Å².